The number of rotatable bonds is 3. The molecule has 0 aliphatic heterocycles. The van der Waals surface area contributed by atoms with Crippen LogP contribution in [-0.2, 0) is 9.13 Å². The van der Waals surface area contributed by atoms with Crippen LogP contribution in [0.2, 0.25) is 0 Å². The second kappa shape index (κ2) is 4.03. The lowest BCUT2D eigenvalue weighted by molar-refractivity contribution is 0.397. The summed E-state index contributed by atoms with van der Waals surface area (Å²) >= 11 is -0.247. The first-order valence-electron chi connectivity index (χ1n) is 3.30. The largest absolute Gasteiger partial charge is 0.394 e. The third kappa shape index (κ3) is 8.97. The molecule has 80 valence electrons. The molecule has 0 aromatic carbocycles. The van der Waals surface area contributed by atoms with Gasteiger partial charge in [0.15, 0.2) is 0 Å². The van der Waals surface area contributed by atoms with E-state index in [0.717, 1.165) is 0 Å². The first kappa shape index (κ1) is 13.7. The number of hydrogen-bond donors (Lipinski definition) is 4. The third-order valence-electron chi connectivity index (χ3n) is 0.694. The van der Waals surface area contributed by atoms with Gasteiger partial charge in [-0.25, -0.2) is 9.65 Å². The van der Waals surface area contributed by atoms with Crippen molar-refractivity contribution in [3.63, 3.8) is 0 Å². The van der Waals surface area contributed by atoms with Crippen LogP contribution in [0.3, 0.4) is 0 Å². The molecular weight excluding hydrogens is 236 g/mol. The molecule has 13 heavy (non-hydrogen) atoms. The molecule has 9 heteroatoms. The fraction of sp³-hybridized carbons (Fsp3) is 1.00. The maximum atomic E-state index is 11.2. The Labute approximate surface area is 80.3 Å². The van der Waals surface area contributed by atoms with E-state index in [1.807, 2.05) is 0 Å². The van der Waals surface area contributed by atoms with Crippen molar-refractivity contribution in [2.75, 3.05) is 0 Å². The number of hydrogen-bond acceptors (Lipinski definition) is 3. The Balaban J connectivity index is 4.44. The normalized spacial score (nSPS) is 18.3. The Kier molecular flexibility index (Phi) is 4.23. The highest BCUT2D eigenvalue weighted by Crippen LogP contribution is 2.70. The molecule has 0 spiro atoms. The lowest BCUT2D eigenvalue weighted by Gasteiger charge is -2.23. The average Bonchev–Trinajstić information content (AvgIpc) is 1.43. The molecule has 0 aliphatic carbocycles. The van der Waals surface area contributed by atoms with Crippen LogP contribution in [0.4, 0.5) is 0 Å². The Morgan fingerprint density at radius 2 is 1.54 bits per heavy atom. The summed E-state index contributed by atoms with van der Waals surface area (Å²) in [6.07, 6.45) is 0. The summed E-state index contributed by atoms with van der Waals surface area (Å²) in [6.45, 7) is -3.70. The maximum Gasteiger partial charge on any atom is 0.394 e. The van der Waals surface area contributed by atoms with Gasteiger partial charge in [0, 0.05) is 5.54 Å². The fourth-order valence-electron chi connectivity index (χ4n) is 0.588. The first-order chi connectivity index (χ1) is 5.41. The zero-order chi connectivity index (χ0) is 10.9. The zero-order valence-electron chi connectivity index (χ0n) is 7.46. The Morgan fingerprint density at radius 1 is 1.15 bits per heavy atom. The molecule has 0 radical (unpaired) electrons. The molecule has 0 fully saturated rings. The maximum absolute atomic E-state index is 11.2. The van der Waals surface area contributed by atoms with Crippen LogP contribution < -0.4 is 5.09 Å². The Morgan fingerprint density at radius 3 is 1.77 bits per heavy atom. The summed E-state index contributed by atoms with van der Waals surface area (Å²) in [7, 11) is 0. The minimum absolute atomic E-state index is 0.247. The first-order valence-corrected chi connectivity index (χ1v) is 8.60. The summed E-state index contributed by atoms with van der Waals surface area (Å²) in [5, 5.41) is 2.23. The van der Waals surface area contributed by atoms with Gasteiger partial charge in [0.25, 0.3) is 0 Å². The predicted octanol–water partition coefficient (Wildman–Crippen LogP) is 1.30. The van der Waals surface area contributed by atoms with E-state index in [1.54, 1.807) is 20.8 Å². The van der Waals surface area contributed by atoms with E-state index in [4.69, 9.17) is 14.7 Å². The molecule has 6 nitrogen and oxygen atoms in total. The van der Waals surface area contributed by atoms with Gasteiger partial charge in [-0.3, -0.25) is 4.57 Å². The van der Waals surface area contributed by atoms with Crippen LogP contribution in [-0.4, -0.2) is 20.2 Å². The Bertz CT molecular complexity index is 268. The van der Waals surface area contributed by atoms with Gasteiger partial charge in [-0.1, -0.05) is 0 Å². The van der Waals surface area contributed by atoms with Crippen LogP contribution >= 0.6 is 24.5 Å². The molecule has 0 heterocycles. The van der Waals surface area contributed by atoms with Gasteiger partial charge in [0.1, 0.15) is 0 Å². The zero-order valence-corrected chi connectivity index (χ0v) is 10.1. The van der Waals surface area contributed by atoms with Gasteiger partial charge in [-0.05, 0) is 20.8 Å². The molecule has 4 N–H and O–H groups in total. The van der Waals surface area contributed by atoms with Crippen molar-refractivity contribution in [3.05, 3.63) is 0 Å². The fourth-order valence-corrected chi connectivity index (χ4v) is 6.54. The summed E-state index contributed by atoms with van der Waals surface area (Å²) in [4.78, 5) is 26.0. The highest BCUT2D eigenvalue weighted by Gasteiger charge is 2.34. The van der Waals surface area contributed by atoms with Crippen LogP contribution in [0.15, 0.2) is 0 Å². The van der Waals surface area contributed by atoms with Crippen molar-refractivity contribution in [1.29, 1.82) is 0 Å². The highest BCUT2D eigenvalue weighted by atomic mass is 33.1. The minimum atomic E-state index is -4.53. The molecule has 0 saturated carbocycles. The molecule has 0 aliphatic rings. The van der Waals surface area contributed by atoms with Crippen LogP contribution in [0, 0.1) is 0 Å². The lowest BCUT2D eigenvalue weighted by atomic mass is 10.1. The molecule has 0 amide bonds. The van der Waals surface area contributed by atoms with Crippen molar-refractivity contribution in [3.8, 4) is 0 Å². The summed E-state index contributed by atoms with van der Waals surface area (Å²) in [5.41, 5.74) is -0.674. The molecular formula is C4H13NO5P2S. The van der Waals surface area contributed by atoms with E-state index in [2.05, 4.69) is 5.09 Å². The minimum Gasteiger partial charge on any atom is -0.325 e. The van der Waals surface area contributed by atoms with Gasteiger partial charge < -0.3 is 14.7 Å². The van der Waals surface area contributed by atoms with E-state index in [1.165, 1.54) is 0 Å². The van der Waals surface area contributed by atoms with Crippen molar-refractivity contribution in [1.82, 2.24) is 5.09 Å². The van der Waals surface area contributed by atoms with Gasteiger partial charge >= 0.3 is 13.5 Å². The molecule has 0 rings (SSSR count). The monoisotopic (exact) mass is 249 g/mol. The molecule has 0 aromatic heterocycles. The van der Waals surface area contributed by atoms with Crippen LogP contribution in [0.1, 0.15) is 20.8 Å². The van der Waals surface area contributed by atoms with E-state index in [0.29, 0.717) is 0 Å². The van der Waals surface area contributed by atoms with Crippen LogP contribution in [0.25, 0.3) is 0 Å². The number of nitrogens with one attached hydrogen (secondary N) is 1. The van der Waals surface area contributed by atoms with Crippen molar-refractivity contribution < 1.29 is 23.8 Å². The highest BCUT2D eigenvalue weighted by molar-refractivity contribution is 8.84. The van der Waals surface area contributed by atoms with Crippen molar-refractivity contribution in [2.24, 2.45) is 0 Å². The molecule has 0 bridgehead atoms. The van der Waals surface area contributed by atoms with E-state index < -0.39 is 19.1 Å². The third-order valence-corrected chi connectivity index (χ3v) is 7.56. The second-order valence-electron chi connectivity index (χ2n) is 3.45. The van der Waals surface area contributed by atoms with Gasteiger partial charge in [-0.15, -0.1) is 0 Å². The topological polar surface area (TPSA) is 107 Å². The quantitative estimate of drug-likeness (QED) is 0.558. The predicted molar refractivity (Wildman–Crippen MR) is 52.3 cm³/mol. The molecule has 0 saturated heterocycles. The van der Waals surface area contributed by atoms with Crippen molar-refractivity contribution >= 4 is 24.5 Å². The smallest absolute Gasteiger partial charge is 0.325 e. The SMILES string of the molecule is CC(C)(C)NP(=O)(O)SP(=O)(O)O. The second-order valence-corrected chi connectivity index (χ2v) is 10.7. The van der Waals surface area contributed by atoms with Gasteiger partial charge in [-0.2, -0.15) is 0 Å². The van der Waals surface area contributed by atoms with Gasteiger partial charge in [0.05, 0.1) is 11.0 Å². The standard InChI is InChI=1S/C4H13NO5P2S/c1-4(2,3)5-11(6,7)13-12(8,9)10/h1-3H3,(H2,5,6,7)(H2,8,9,10). The summed E-state index contributed by atoms with van der Waals surface area (Å²) < 4.78 is 21.6. The summed E-state index contributed by atoms with van der Waals surface area (Å²) in [5.74, 6) is 0. The average molecular weight is 249 g/mol. The van der Waals surface area contributed by atoms with E-state index >= 15 is 0 Å². The molecule has 1 unspecified atom stereocenters. The van der Waals surface area contributed by atoms with Crippen LogP contribution in [0.5, 0.6) is 0 Å². The van der Waals surface area contributed by atoms with Crippen molar-refractivity contribution in [2.45, 2.75) is 26.3 Å². The van der Waals surface area contributed by atoms with E-state index in [-0.39, 0.29) is 11.0 Å². The van der Waals surface area contributed by atoms with Gasteiger partial charge in [0.2, 0.25) is 0 Å². The molecule has 0 aromatic rings. The summed E-state index contributed by atoms with van der Waals surface area (Å²) in [6, 6.07) is 0. The Hall–Kier alpha value is 0.650. The molecule has 1 atom stereocenters. The van der Waals surface area contributed by atoms with E-state index in [9.17, 15) is 9.13 Å². The lowest BCUT2D eigenvalue weighted by Crippen LogP contribution is -2.32.